The Kier molecular flexibility index (Phi) is 5.37. The molecule has 2 aromatic carbocycles. The van der Waals surface area contributed by atoms with Crippen LogP contribution < -0.4 is 5.32 Å². The minimum Gasteiger partial charge on any atom is -0.346 e. The monoisotopic (exact) mass is 499 g/mol. The molecule has 1 amide bonds. The number of nitrogens with zero attached hydrogens (tertiary/aromatic N) is 4. The zero-order valence-electron chi connectivity index (χ0n) is 18.0. The molecule has 34 heavy (non-hydrogen) atoms. The molecule has 1 saturated heterocycles. The summed E-state index contributed by atoms with van der Waals surface area (Å²) in [6.45, 7) is 1.72. The Morgan fingerprint density at radius 2 is 1.91 bits per heavy atom. The molecule has 0 aliphatic carbocycles. The number of nitrogens with one attached hydrogen (secondary N) is 1. The molecule has 3 heterocycles. The number of carbonyl (C=O) groups excluding carboxylic acids is 1. The van der Waals surface area contributed by atoms with E-state index in [0.717, 1.165) is 12.4 Å². The van der Waals surface area contributed by atoms with Crippen LogP contribution in [0.25, 0.3) is 28.1 Å². The van der Waals surface area contributed by atoms with Crippen LogP contribution in [0.1, 0.15) is 23.7 Å². The van der Waals surface area contributed by atoms with Crippen LogP contribution in [-0.2, 0) is 9.84 Å². The van der Waals surface area contributed by atoms with E-state index in [4.69, 9.17) is 11.6 Å². The molecular weight excluding hydrogens is 481 g/mol. The molecule has 5 rings (SSSR count). The topological polar surface area (TPSA) is 107 Å². The highest BCUT2D eigenvalue weighted by atomic mass is 35.5. The lowest BCUT2D eigenvalue weighted by atomic mass is 10.0. The number of hydrogen-bond acceptors (Lipinski definition) is 6. The number of aromatic nitrogens is 4. The minimum absolute atomic E-state index is 0.0404. The Morgan fingerprint density at radius 3 is 2.59 bits per heavy atom. The van der Waals surface area contributed by atoms with E-state index in [1.165, 1.54) is 4.68 Å². The Hall–Kier alpha value is -3.37. The van der Waals surface area contributed by atoms with Gasteiger partial charge in [0.15, 0.2) is 15.7 Å². The van der Waals surface area contributed by atoms with E-state index in [9.17, 15) is 17.6 Å². The fraction of sp³-hybridized carbons (Fsp3) is 0.217. The van der Waals surface area contributed by atoms with Crippen LogP contribution in [-0.4, -0.2) is 51.1 Å². The summed E-state index contributed by atoms with van der Waals surface area (Å²) in [7, 11) is -3.18. The molecule has 1 unspecified atom stereocenters. The second kappa shape index (κ2) is 8.14. The van der Waals surface area contributed by atoms with Crippen molar-refractivity contribution in [3.8, 4) is 17.2 Å². The van der Waals surface area contributed by atoms with E-state index in [1.807, 2.05) is 12.1 Å². The normalized spacial score (nSPS) is 19.4. The van der Waals surface area contributed by atoms with Crippen molar-refractivity contribution in [2.45, 2.75) is 18.9 Å². The average molecular weight is 500 g/mol. The molecule has 1 aliphatic rings. The first-order chi connectivity index (χ1) is 16.1. The first-order valence-corrected chi connectivity index (χ1v) is 12.6. The van der Waals surface area contributed by atoms with Crippen LogP contribution in [0.2, 0.25) is 5.02 Å². The molecule has 2 aromatic heterocycles. The molecule has 8 nitrogen and oxygen atoms in total. The Balaban J connectivity index is 1.62. The van der Waals surface area contributed by atoms with Gasteiger partial charge in [-0.1, -0.05) is 29.8 Å². The molecule has 0 radical (unpaired) electrons. The minimum atomic E-state index is -3.18. The molecule has 0 bridgehead atoms. The van der Waals surface area contributed by atoms with Gasteiger partial charge < -0.3 is 5.32 Å². The third kappa shape index (κ3) is 4.14. The first-order valence-electron chi connectivity index (χ1n) is 10.4. The maximum Gasteiger partial charge on any atom is 0.251 e. The number of halogens is 2. The van der Waals surface area contributed by atoms with Crippen molar-refractivity contribution in [2.24, 2.45) is 0 Å². The number of sulfone groups is 1. The summed E-state index contributed by atoms with van der Waals surface area (Å²) in [4.78, 5) is 21.1. The molecule has 174 valence electrons. The van der Waals surface area contributed by atoms with Crippen molar-refractivity contribution < 1.29 is 17.6 Å². The summed E-state index contributed by atoms with van der Waals surface area (Å²) in [5.41, 5.74) is 1.21. The number of fused-ring (bicyclic) bond motifs is 1. The van der Waals surface area contributed by atoms with E-state index < -0.39 is 27.1 Å². The van der Waals surface area contributed by atoms with Crippen LogP contribution in [0.5, 0.6) is 0 Å². The quantitative estimate of drug-likeness (QED) is 0.460. The molecule has 1 fully saturated rings. The lowest BCUT2D eigenvalue weighted by Gasteiger charge is -2.23. The van der Waals surface area contributed by atoms with Crippen molar-refractivity contribution in [1.82, 2.24) is 25.1 Å². The highest BCUT2D eigenvalue weighted by Crippen LogP contribution is 2.34. The smallest absolute Gasteiger partial charge is 0.251 e. The van der Waals surface area contributed by atoms with Crippen LogP contribution >= 0.6 is 11.6 Å². The van der Waals surface area contributed by atoms with Gasteiger partial charge in [0.1, 0.15) is 5.69 Å². The van der Waals surface area contributed by atoms with Gasteiger partial charge in [-0.05, 0) is 37.6 Å². The van der Waals surface area contributed by atoms with Gasteiger partial charge in [-0.25, -0.2) is 22.8 Å². The number of rotatable bonds is 4. The second-order valence-corrected chi connectivity index (χ2v) is 11.1. The van der Waals surface area contributed by atoms with Crippen LogP contribution in [0.3, 0.4) is 0 Å². The second-order valence-electron chi connectivity index (χ2n) is 8.53. The van der Waals surface area contributed by atoms with Gasteiger partial charge in [-0.15, -0.1) is 0 Å². The maximum atomic E-state index is 13.4. The van der Waals surface area contributed by atoms with Gasteiger partial charge in [0.25, 0.3) is 11.9 Å². The molecular formula is C23H19ClFN5O3S. The van der Waals surface area contributed by atoms with Gasteiger partial charge in [-0.2, -0.15) is 9.78 Å². The van der Waals surface area contributed by atoms with E-state index in [0.29, 0.717) is 39.2 Å². The third-order valence-corrected chi connectivity index (χ3v) is 8.02. The molecule has 0 spiro atoms. The van der Waals surface area contributed by atoms with Crippen LogP contribution in [0, 0.1) is 5.82 Å². The highest BCUT2D eigenvalue weighted by molar-refractivity contribution is 7.91. The Labute approximate surface area is 199 Å². The Bertz CT molecular complexity index is 1540. The van der Waals surface area contributed by atoms with Crippen molar-refractivity contribution in [1.29, 1.82) is 0 Å². The lowest BCUT2D eigenvalue weighted by molar-refractivity contribution is 0.0915. The van der Waals surface area contributed by atoms with Gasteiger partial charge in [0, 0.05) is 16.5 Å². The van der Waals surface area contributed by atoms with E-state index in [-0.39, 0.29) is 17.5 Å². The summed E-state index contributed by atoms with van der Waals surface area (Å²) in [5.74, 6) is -0.943. The number of amides is 1. The molecule has 1 N–H and O–H groups in total. The number of benzene rings is 2. The van der Waals surface area contributed by atoms with Crippen LogP contribution in [0.15, 0.2) is 54.9 Å². The highest BCUT2D eigenvalue weighted by Gasteiger charge is 2.39. The zero-order valence-corrected chi connectivity index (χ0v) is 19.6. The maximum absolute atomic E-state index is 13.4. The standard InChI is InChI=1S/C23H19ClFN5O3S/c1-23(8-9-34(32,33)13-23)28-21(31)14-6-7-17-19(10-14)30(22-26-11-15(25)12-27-22)29-20(17)16-4-2-3-5-18(16)24/h2-7,10-12H,8-9,13H2,1H3,(H,28,31). The average Bonchev–Trinajstić information content (AvgIpc) is 3.30. The molecule has 4 aromatic rings. The van der Waals surface area contributed by atoms with E-state index in [2.05, 4.69) is 20.4 Å². The first kappa shape index (κ1) is 22.4. The van der Waals surface area contributed by atoms with Crippen LogP contribution in [0.4, 0.5) is 4.39 Å². The van der Waals surface area contributed by atoms with Crippen molar-refractivity contribution in [2.75, 3.05) is 11.5 Å². The number of carbonyl (C=O) groups is 1. The van der Waals surface area contributed by atoms with Crippen molar-refractivity contribution in [3.63, 3.8) is 0 Å². The number of hydrogen-bond donors (Lipinski definition) is 1. The Morgan fingerprint density at radius 1 is 1.18 bits per heavy atom. The molecule has 1 atom stereocenters. The predicted molar refractivity (Wildman–Crippen MR) is 126 cm³/mol. The van der Waals surface area contributed by atoms with E-state index in [1.54, 1.807) is 37.3 Å². The summed E-state index contributed by atoms with van der Waals surface area (Å²) >= 11 is 6.41. The predicted octanol–water partition coefficient (Wildman–Crippen LogP) is 3.58. The summed E-state index contributed by atoms with van der Waals surface area (Å²) < 4.78 is 38.7. The summed E-state index contributed by atoms with van der Waals surface area (Å²) in [6, 6.07) is 12.2. The molecule has 1 aliphatic heterocycles. The summed E-state index contributed by atoms with van der Waals surface area (Å²) in [6.07, 6.45) is 2.41. The molecule has 11 heteroatoms. The zero-order chi connectivity index (χ0) is 24.1. The lowest BCUT2D eigenvalue weighted by Crippen LogP contribution is -2.46. The SMILES string of the molecule is CC1(NC(=O)c2ccc3c(-c4ccccc4Cl)nn(-c4ncc(F)cn4)c3c2)CCS(=O)(=O)C1. The van der Waals surface area contributed by atoms with E-state index >= 15 is 0 Å². The fourth-order valence-electron chi connectivity index (χ4n) is 4.13. The fourth-order valence-corrected chi connectivity index (χ4v) is 6.45. The summed E-state index contributed by atoms with van der Waals surface area (Å²) in [5, 5.41) is 8.67. The van der Waals surface area contributed by atoms with Gasteiger partial charge in [0.2, 0.25) is 0 Å². The van der Waals surface area contributed by atoms with Gasteiger partial charge in [-0.3, -0.25) is 4.79 Å². The third-order valence-electron chi connectivity index (χ3n) is 5.79. The van der Waals surface area contributed by atoms with Gasteiger partial charge >= 0.3 is 0 Å². The van der Waals surface area contributed by atoms with Crippen molar-refractivity contribution >= 4 is 38.2 Å². The largest absolute Gasteiger partial charge is 0.346 e. The molecule has 0 saturated carbocycles. The van der Waals surface area contributed by atoms with Gasteiger partial charge in [0.05, 0.1) is 40.0 Å². The van der Waals surface area contributed by atoms with Crippen molar-refractivity contribution in [3.05, 3.63) is 71.3 Å².